The predicted molar refractivity (Wildman–Crippen MR) is 436 cm³/mol. The highest BCUT2D eigenvalue weighted by Gasteiger charge is 2.11. The first-order valence-corrected chi connectivity index (χ1v) is 31.2. The van der Waals surface area contributed by atoms with Crippen molar-refractivity contribution in [1.29, 1.82) is 0 Å². The number of amides is 1. The van der Waals surface area contributed by atoms with Gasteiger partial charge < -0.3 is 128 Å². The largest absolute Gasteiger partial charge is 0.394 e. The molecule has 0 radical (unpaired) electrons. The standard InChI is InChI=1S/C8H16.C8H10.C7H13NO.4C5H12.C5H8.C4H11N.C3H8O.C2H6.4CH5N.11CH2O.6H3N/c2*1-2-8-6-4-3-5-7-8;1-7(9)8-5-3-2-4-6-8;4*1-4-5(2)3;1-3-5-4-2;1-2-3-4-5;1-3(2)4;16*1-2;;;;;;/h8H,2-7H2,1H3;3-7H,2H2,1H3;2-6H2,1H3;4*5H,4H2,1-3H3;3-5H,1H2,2H3;2-5H2,1H3;3-4H,1-2H3;1-2H3;4*2H2,1H3;11*1H2;6*1H3/b;;;;;;;5-4-;;;;;;;;;;;;;;;;;;;;;;;;. The summed E-state index contributed by atoms with van der Waals surface area (Å²) in [6.07, 6.45) is 26.8. The molecular weight excluding hydrogens is 1240 g/mol. The van der Waals surface area contributed by atoms with Crippen LogP contribution in [0.2, 0.25) is 0 Å². The number of likely N-dealkylation sites (tertiary alicyclic amines) is 1. The van der Waals surface area contributed by atoms with Crippen LogP contribution in [0.25, 0.3) is 0 Å². The second-order valence-corrected chi connectivity index (χ2v) is 17.5. The Labute approximate surface area is 603 Å². The van der Waals surface area contributed by atoms with E-state index in [0.29, 0.717) is 0 Å². The molecule has 1 aromatic rings. The molecule has 3 rings (SSSR count). The summed E-state index contributed by atoms with van der Waals surface area (Å²) in [6.45, 7) is 72.5. The van der Waals surface area contributed by atoms with Gasteiger partial charge in [0, 0.05) is 26.1 Å². The van der Waals surface area contributed by atoms with Gasteiger partial charge in [-0.15, -0.1) is 0 Å². The highest BCUT2D eigenvalue weighted by Crippen LogP contribution is 2.25. The summed E-state index contributed by atoms with van der Waals surface area (Å²) in [5.41, 5.74) is 24.5. The third-order valence-corrected chi connectivity index (χ3v) is 9.51. The van der Waals surface area contributed by atoms with Gasteiger partial charge in [0.2, 0.25) is 5.91 Å². The lowest BCUT2D eigenvalue weighted by Crippen LogP contribution is -2.33. The minimum Gasteiger partial charge on any atom is -0.394 e. The minimum atomic E-state index is -0.167. The molecule has 1 heterocycles. The number of allylic oxidation sites excluding steroid dienone is 3. The fourth-order valence-corrected chi connectivity index (χ4v) is 3.86. The smallest absolute Gasteiger partial charge is 0.219 e. The van der Waals surface area contributed by atoms with Crippen LogP contribution in [-0.2, 0) is 64.0 Å². The molecule has 0 unspecified atom stereocenters. The summed E-state index contributed by atoms with van der Waals surface area (Å²) in [4.78, 5) is 101. The van der Waals surface area contributed by atoms with E-state index in [-0.39, 0.29) is 48.9 Å². The molecule has 29 N–H and O–H groups in total. The Morgan fingerprint density at radius 1 is 0.474 bits per heavy atom. The number of unbranched alkanes of at least 4 members (excludes halogenated alkanes) is 1. The number of hydrogen-bond donors (Lipinski definition) is 12. The number of nitrogens with two attached hydrogens (primary N) is 5. The molecule has 97 heavy (non-hydrogen) atoms. The fraction of sp³-hybridized carbons (Fsp3) is 0.694. The number of aryl methyl sites for hydroxylation is 1. The molecule has 0 bridgehead atoms. The second-order valence-electron chi connectivity index (χ2n) is 17.5. The Bertz CT molecular complexity index is 1040. The molecule has 25 nitrogen and oxygen atoms in total. The first-order valence-electron chi connectivity index (χ1n) is 31.2. The Hall–Kier alpha value is -5.94. The Balaban J connectivity index is -0.0000000187. The first kappa shape index (κ1) is 192. The highest BCUT2D eigenvalue weighted by molar-refractivity contribution is 5.73. The maximum Gasteiger partial charge on any atom is 0.219 e. The maximum atomic E-state index is 10.7. The molecule has 1 saturated carbocycles. The molecule has 1 saturated heterocycles. The highest BCUT2D eigenvalue weighted by atomic mass is 16.3. The van der Waals surface area contributed by atoms with Crippen LogP contribution in [0.3, 0.4) is 0 Å². The molecule has 25 heteroatoms. The van der Waals surface area contributed by atoms with Crippen molar-refractivity contribution in [3.05, 3.63) is 60.7 Å². The molecule has 0 atom stereocenters. The SMILES string of the molecule is C=C/C=C\C.C=O.C=O.C=O.C=O.C=O.C=O.C=O.C=O.C=O.C=O.C=O.CC.CC(=O)N1CCCCC1.CC(C)O.CCC(C)C.CCC(C)C.CCC(C)C.CCC(C)C.CCC1CCCCC1.CCCCN.CCc1ccccc1.CN.CN.CN.CN.N.N.N.N.N.N. The van der Waals surface area contributed by atoms with Gasteiger partial charge in [-0.3, -0.25) is 4.79 Å². The van der Waals surface area contributed by atoms with Crippen molar-refractivity contribution in [3.63, 3.8) is 0 Å². The molecule has 1 aliphatic carbocycles. The number of benzene rings is 1. The molecular formula is C72H180N12O13. The molecule has 1 amide bonds. The van der Waals surface area contributed by atoms with Crippen molar-refractivity contribution in [2.75, 3.05) is 47.8 Å². The third-order valence-electron chi connectivity index (χ3n) is 9.51. The average Bonchev–Trinajstić information content (AvgIpc) is 3.65. The van der Waals surface area contributed by atoms with Gasteiger partial charge in [0.05, 0.1) is 0 Å². The van der Waals surface area contributed by atoms with E-state index in [9.17, 15) is 4.79 Å². The van der Waals surface area contributed by atoms with E-state index in [0.717, 1.165) is 55.6 Å². The lowest BCUT2D eigenvalue weighted by atomic mass is 9.88. The van der Waals surface area contributed by atoms with Crippen molar-refractivity contribution < 1.29 is 62.6 Å². The number of carbonyl (C=O) groups excluding carboxylic acids is 12. The third kappa shape index (κ3) is 482. The zero-order valence-corrected chi connectivity index (χ0v) is 68.9. The van der Waals surface area contributed by atoms with Crippen molar-refractivity contribution in [2.45, 2.75) is 254 Å². The Morgan fingerprint density at radius 3 is 0.784 bits per heavy atom. The topological polar surface area (TPSA) is 568 Å². The van der Waals surface area contributed by atoms with E-state index < -0.39 is 0 Å². The zero-order valence-electron chi connectivity index (χ0n) is 68.9. The van der Waals surface area contributed by atoms with Gasteiger partial charge in [0.15, 0.2) is 0 Å². The van der Waals surface area contributed by atoms with Gasteiger partial charge in [0.1, 0.15) is 74.7 Å². The summed E-state index contributed by atoms with van der Waals surface area (Å²) in [6, 6.07) is 10.5. The lowest BCUT2D eigenvalue weighted by molar-refractivity contribution is -0.129. The van der Waals surface area contributed by atoms with Crippen LogP contribution in [0.15, 0.2) is 55.1 Å². The van der Waals surface area contributed by atoms with Crippen LogP contribution < -0.4 is 65.6 Å². The van der Waals surface area contributed by atoms with Crippen molar-refractivity contribution in [2.24, 2.45) is 58.3 Å². The number of carbonyl (C=O) groups is 12. The van der Waals surface area contributed by atoms with Gasteiger partial charge in [-0.2, -0.15) is 0 Å². The summed E-state index contributed by atoms with van der Waals surface area (Å²) in [7, 11) is 6.00. The van der Waals surface area contributed by atoms with Crippen LogP contribution in [-0.4, -0.2) is 145 Å². The number of aliphatic hydroxyl groups is 1. The summed E-state index contributed by atoms with van der Waals surface area (Å²) in [5.74, 6) is 4.86. The lowest BCUT2D eigenvalue weighted by Gasteiger charge is -2.24. The van der Waals surface area contributed by atoms with Gasteiger partial charge >= 0.3 is 0 Å². The normalized spacial score (nSPS) is 8.56. The summed E-state index contributed by atoms with van der Waals surface area (Å²) in [5, 5.41) is 8.06. The molecule has 2 fully saturated rings. The molecule has 1 aliphatic heterocycles. The fourth-order valence-electron chi connectivity index (χ4n) is 3.86. The first-order chi connectivity index (χ1) is 43.8. The molecule has 2 aliphatic rings. The predicted octanol–water partition coefficient (Wildman–Crippen LogP) is 15.6. The van der Waals surface area contributed by atoms with Crippen LogP contribution >= 0.6 is 0 Å². The molecule has 606 valence electrons. The average molecular weight is 1420 g/mol. The Morgan fingerprint density at radius 2 is 0.691 bits per heavy atom. The van der Waals surface area contributed by atoms with Crippen molar-refractivity contribution in [1.82, 2.24) is 41.8 Å². The zero-order chi connectivity index (χ0) is 79.3. The molecule has 1 aromatic carbocycles. The summed E-state index contributed by atoms with van der Waals surface area (Å²) < 4.78 is 0. The van der Waals surface area contributed by atoms with Crippen molar-refractivity contribution in [3.8, 4) is 0 Å². The van der Waals surface area contributed by atoms with Crippen LogP contribution in [0.4, 0.5) is 0 Å². The van der Waals surface area contributed by atoms with E-state index in [4.69, 9.17) is 63.6 Å². The monoisotopic (exact) mass is 1420 g/mol. The van der Waals surface area contributed by atoms with Crippen LogP contribution in [0.1, 0.15) is 247 Å². The van der Waals surface area contributed by atoms with Gasteiger partial charge in [-0.25, -0.2) is 0 Å². The van der Waals surface area contributed by atoms with E-state index >= 15 is 0 Å². The quantitative estimate of drug-likeness (QED) is 0.102. The number of rotatable bonds is 9. The number of aliphatic hydroxyl groups excluding tert-OH is 1. The molecule has 0 aromatic heterocycles. The van der Waals surface area contributed by atoms with E-state index in [1.54, 1.807) is 26.8 Å². The minimum absolute atomic E-state index is 0. The summed E-state index contributed by atoms with van der Waals surface area (Å²) >= 11 is 0. The van der Waals surface area contributed by atoms with Gasteiger partial charge in [-0.1, -0.05) is 243 Å². The van der Waals surface area contributed by atoms with Crippen LogP contribution in [0, 0.1) is 29.6 Å². The van der Waals surface area contributed by atoms with E-state index in [1.165, 1.54) is 130 Å². The van der Waals surface area contributed by atoms with Gasteiger partial charge in [0.25, 0.3) is 0 Å². The number of nitrogens with zero attached hydrogens (tertiary/aromatic N) is 1. The van der Waals surface area contributed by atoms with E-state index in [1.807, 2.05) is 119 Å². The second kappa shape index (κ2) is 309. The van der Waals surface area contributed by atoms with Gasteiger partial charge in [-0.05, 0) is 123 Å². The number of hydrogen-bond acceptors (Lipinski definition) is 24. The van der Waals surface area contributed by atoms with E-state index in [2.05, 4.69) is 158 Å². The molecule has 0 spiro atoms. The maximum absolute atomic E-state index is 10.7. The van der Waals surface area contributed by atoms with Crippen LogP contribution in [0.5, 0.6) is 0 Å². The Kier molecular flexibility index (Phi) is 611. The van der Waals surface area contributed by atoms with Crippen molar-refractivity contribution >= 4 is 80.6 Å². The number of piperidine rings is 1.